The Labute approximate surface area is 187 Å². The van der Waals surface area contributed by atoms with Crippen LogP contribution in [0, 0.1) is 5.41 Å². The molecule has 2 aromatic heterocycles. The maximum atomic E-state index is 6.22. The fourth-order valence-electron chi connectivity index (χ4n) is 3.88. The van der Waals surface area contributed by atoms with E-state index in [1.165, 1.54) is 0 Å². The molecular weight excluding hydrogens is 419 g/mol. The first-order valence-electron chi connectivity index (χ1n) is 10.3. The number of piperidine rings is 1. The van der Waals surface area contributed by atoms with Crippen LogP contribution in [0.3, 0.4) is 0 Å². The van der Waals surface area contributed by atoms with Gasteiger partial charge in [-0.1, -0.05) is 44.0 Å². The van der Waals surface area contributed by atoms with E-state index >= 15 is 0 Å². The smallest absolute Gasteiger partial charge is 0.209 e. The second-order valence-electron chi connectivity index (χ2n) is 9.33. The summed E-state index contributed by atoms with van der Waals surface area (Å²) in [5.74, 6) is 1.62. The monoisotopic (exact) mass is 446 g/mol. The Balaban J connectivity index is 1.77. The number of rotatable bonds is 4. The van der Waals surface area contributed by atoms with Gasteiger partial charge >= 0.3 is 0 Å². The van der Waals surface area contributed by atoms with Crippen molar-refractivity contribution in [3.05, 3.63) is 40.3 Å². The van der Waals surface area contributed by atoms with Crippen molar-refractivity contribution in [2.24, 2.45) is 5.41 Å². The first kappa shape index (κ1) is 21.3. The van der Waals surface area contributed by atoms with Gasteiger partial charge in [-0.05, 0) is 56.6 Å². The van der Waals surface area contributed by atoms with Crippen LogP contribution in [0.2, 0.25) is 10.0 Å². The minimum absolute atomic E-state index is 0.118. The van der Waals surface area contributed by atoms with Gasteiger partial charge in [0.15, 0.2) is 5.65 Å². The molecule has 0 bridgehead atoms. The van der Waals surface area contributed by atoms with Crippen molar-refractivity contribution >= 4 is 46.0 Å². The van der Waals surface area contributed by atoms with Crippen LogP contribution in [-0.2, 0) is 6.42 Å². The lowest BCUT2D eigenvalue weighted by molar-refractivity contribution is 0.224. The molecule has 6 nitrogen and oxygen atoms in total. The van der Waals surface area contributed by atoms with E-state index in [0.717, 1.165) is 61.0 Å². The molecular formula is C22H28Cl2N6. The highest BCUT2D eigenvalue weighted by Gasteiger charge is 2.25. The molecule has 3 heterocycles. The number of nitrogens with one attached hydrogen (secondary N) is 1. The largest absolute Gasteiger partial charge is 0.325 e. The van der Waals surface area contributed by atoms with Gasteiger partial charge in [-0.25, -0.2) is 15.0 Å². The molecule has 30 heavy (non-hydrogen) atoms. The highest BCUT2D eigenvalue weighted by molar-refractivity contribution is 6.42. The van der Waals surface area contributed by atoms with Gasteiger partial charge in [-0.2, -0.15) is 0 Å². The maximum absolute atomic E-state index is 6.22. The number of likely N-dealkylation sites (tertiary alicyclic amines) is 1. The number of nitrogens with zero attached hydrogens (tertiary/aromatic N) is 5. The van der Waals surface area contributed by atoms with Crippen molar-refractivity contribution in [2.45, 2.75) is 46.1 Å². The third kappa shape index (κ3) is 4.71. The van der Waals surface area contributed by atoms with Gasteiger partial charge < -0.3 is 10.2 Å². The summed E-state index contributed by atoms with van der Waals surface area (Å²) in [5, 5.41) is 4.47. The van der Waals surface area contributed by atoms with Crippen LogP contribution in [0.5, 0.6) is 0 Å². The van der Waals surface area contributed by atoms with Crippen molar-refractivity contribution in [3.63, 3.8) is 0 Å². The van der Waals surface area contributed by atoms with Gasteiger partial charge in [0.1, 0.15) is 11.3 Å². The predicted molar refractivity (Wildman–Crippen MR) is 124 cm³/mol. The van der Waals surface area contributed by atoms with Crippen LogP contribution in [-0.4, -0.2) is 44.6 Å². The molecule has 1 aliphatic rings. The van der Waals surface area contributed by atoms with Gasteiger partial charge in [0.25, 0.3) is 0 Å². The summed E-state index contributed by atoms with van der Waals surface area (Å²) in [4.78, 5) is 16.7. The molecule has 0 amide bonds. The second kappa shape index (κ2) is 8.33. The van der Waals surface area contributed by atoms with E-state index in [1.807, 2.05) is 18.3 Å². The zero-order valence-corrected chi connectivity index (χ0v) is 19.4. The summed E-state index contributed by atoms with van der Waals surface area (Å²) in [6.45, 7) is 8.71. The molecule has 0 spiro atoms. The molecule has 8 heteroatoms. The number of imidazole rings is 1. The summed E-state index contributed by atoms with van der Waals surface area (Å²) in [7, 11) is 2.17. The van der Waals surface area contributed by atoms with Crippen LogP contribution in [0.1, 0.15) is 45.5 Å². The normalized spacial score (nSPS) is 16.3. The van der Waals surface area contributed by atoms with Gasteiger partial charge in [-0.3, -0.25) is 4.57 Å². The molecule has 3 aromatic rings. The molecule has 0 radical (unpaired) electrons. The highest BCUT2D eigenvalue weighted by atomic mass is 35.5. The summed E-state index contributed by atoms with van der Waals surface area (Å²) in [6.07, 6.45) is 4.76. The Kier molecular flexibility index (Phi) is 5.93. The van der Waals surface area contributed by atoms with E-state index in [2.05, 4.69) is 47.6 Å². The first-order valence-corrected chi connectivity index (χ1v) is 11.1. The standard InChI is InChI=1S/C22H28Cl2N6/c1-22(2,3)12-19-25-13-18-20(28-19)30(15-7-9-29(4)10-8-15)21(27-18)26-14-5-6-16(23)17(24)11-14/h5-6,11,13,15H,7-10,12H2,1-4H3,(H,26,27). The highest BCUT2D eigenvalue weighted by Crippen LogP contribution is 2.33. The van der Waals surface area contributed by atoms with Gasteiger partial charge in [-0.15, -0.1) is 0 Å². The number of benzene rings is 1. The minimum Gasteiger partial charge on any atom is -0.325 e. The summed E-state index contributed by atoms with van der Waals surface area (Å²) in [6, 6.07) is 5.84. The van der Waals surface area contributed by atoms with Crippen molar-refractivity contribution in [3.8, 4) is 0 Å². The van der Waals surface area contributed by atoms with E-state index in [9.17, 15) is 0 Å². The number of aromatic nitrogens is 4. The van der Waals surface area contributed by atoms with Crippen molar-refractivity contribution < 1.29 is 0 Å². The molecule has 0 atom stereocenters. The fraction of sp³-hybridized carbons (Fsp3) is 0.500. The predicted octanol–water partition coefficient (Wildman–Crippen LogP) is 5.73. The molecule has 0 unspecified atom stereocenters. The summed E-state index contributed by atoms with van der Waals surface area (Å²) in [5.41, 5.74) is 2.65. The van der Waals surface area contributed by atoms with E-state index in [4.69, 9.17) is 33.2 Å². The van der Waals surface area contributed by atoms with Crippen LogP contribution in [0.15, 0.2) is 24.4 Å². The van der Waals surface area contributed by atoms with Crippen molar-refractivity contribution in [1.82, 2.24) is 24.4 Å². The maximum Gasteiger partial charge on any atom is 0.209 e. The number of hydrogen-bond acceptors (Lipinski definition) is 5. The van der Waals surface area contributed by atoms with E-state index in [-0.39, 0.29) is 5.41 Å². The molecule has 0 saturated carbocycles. The fourth-order valence-corrected chi connectivity index (χ4v) is 4.17. The third-order valence-corrected chi connectivity index (χ3v) is 6.14. The summed E-state index contributed by atoms with van der Waals surface area (Å²) >= 11 is 12.3. The van der Waals surface area contributed by atoms with Gasteiger partial charge in [0.2, 0.25) is 5.95 Å². The average molecular weight is 447 g/mol. The Bertz CT molecular complexity index is 1050. The van der Waals surface area contributed by atoms with Crippen molar-refractivity contribution in [1.29, 1.82) is 0 Å². The third-order valence-electron chi connectivity index (χ3n) is 5.40. The topological polar surface area (TPSA) is 58.9 Å². The van der Waals surface area contributed by atoms with Crippen LogP contribution < -0.4 is 5.32 Å². The summed E-state index contributed by atoms with van der Waals surface area (Å²) < 4.78 is 2.25. The van der Waals surface area contributed by atoms with E-state index in [1.54, 1.807) is 6.07 Å². The van der Waals surface area contributed by atoms with E-state index < -0.39 is 0 Å². The van der Waals surface area contributed by atoms with Crippen molar-refractivity contribution in [2.75, 3.05) is 25.5 Å². The minimum atomic E-state index is 0.118. The number of hydrogen-bond donors (Lipinski definition) is 1. The lowest BCUT2D eigenvalue weighted by atomic mass is 9.92. The van der Waals surface area contributed by atoms with Crippen LogP contribution in [0.4, 0.5) is 11.6 Å². The molecule has 4 rings (SSSR count). The van der Waals surface area contributed by atoms with Crippen LogP contribution in [0.25, 0.3) is 11.2 Å². The molecule has 0 aliphatic carbocycles. The second-order valence-corrected chi connectivity index (χ2v) is 10.1. The Morgan fingerprint density at radius 1 is 1.10 bits per heavy atom. The molecule has 1 aromatic carbocycles. The lowest BCUT2D eigenvalue weighted by Gasteiger charge is -2.30. The Morgan fingerprint density at radius 2 is 1.83 bits per heavy atom. The number of halogens is 2. The molecule has 160 valence electrons. The van der Waals surface area contributed by atoms with Crippen LogP contribution >= 0.6 is 23.2 Å². The molecule has 1 aliphatic heterocycles. The average Bonchev–Trinajstić information content (AvgIpc) is 3.01. The lowest BCUT2D eigenvalue weighted by Crippen LogP contribution is -2.32. The molecule has 1 N–H and O–H groups in total. The SMILES string of the molecule is CN1CCC(n2c(Nc3ccc(Cl)c(Cl)c3)nc3cnc(CC(C)(C)C)nc32)CC1. The zero-order chi connectivity index (χ0) is 21.5. The molecule has 1 fully saturated rings. The van der Waals surface area contributed by atoms with Gasteiger partial charge in [0.05, 0.1) is 16.2 Å². The quantitative estimate of drug-likeness (QED) is 0.553. The van der Waals surface area contributed by atoms with Gasteiger partial charge in [0, 0.05) is 18.2 Å². The Morgan fingerprint density at radius 3 is 2.50 bits per heavy atom. The number of anilines is 2. The molecule has 1 saturated heterocycles. The Hall–Kier alpha value is -1.89. The van der Waals surface area contributed by atoms with E-state index in [0.29, 0.717) is 16.1 Å². The first-order chi connectivity index (χ1) is 14.2. The number of fused-ring (bicyclic) bond motifs is 1. The zero-order valence-electron chi connectivity index (χ0n) is 17.9.